The van der Waals surface area contributed by atoms with Crippen LogP contribution in [0.1, 0.15) is 39.0 Å². The number of carboxylic acids is 1. The lowest BCUT2D eigenvalue weighted by Crippen LogP contribution is -2.48. The number of aliphatic carboxylic acids is 1. The van der Waals surface area contributed by atoms with Gasteiger partial charge in [-0.15, -0.1) is 0 Å². The number of carbonyl (C=O) groups is 2. The molecule has 1 aliphatic rings. The van der Waals surface area contributed by atoms with Crippen LogP contribution < -0.4 is 5.32 Å². The Morgan fingerprint density at radius 3 is 2.63 bits per heavy atom. The van der Waals surface area contributed by atoms with Gasteiger partial charge in [0.25, 0.3) is 0 Å². The van der Waals surface area contributed by atoms with Gasteiger partial charge in [-0.3, -0.25) is 4.79 Å². The van der Waals surface area contributed by atoms with Crippen molar-refractivity contribution in [2.24, 2.45) is 5.92 Å². The highest BCUT2D eigenvalue weighted by Crippen LogP contribution is 2.24. The van der Waals surface area contributed by atoms with Crippen LogP contribution in [0.3, 0.4) is 0 Å². The van der Waals surface area contributed by atoms with Crippen LogP contribution in [0.5, 0.6) is 0 Å². The predicted molar refractivity (Wildman–Crippen MR) is 70.9 cm³/mol. The summed E-state index contributed by atoms with van der Waals surface area (Å²) in [5.41, 5.74) is 0. The molecule has 2 unspecified atom stereocenters. The van der Waals surface area contributed by atoms with Gasteiger partial charge in [-0.2, -0.15) is 0 Å². The number of hydrogen-bond acceptors (Lipinski definition) is 3. The van der Waals surface area contributed by atoms with Gasteiger partial charge in [-0.25, -0.2) is 4.79 Å². The SMILES string of the molecule is CCCN(CCO)C(=O)NC1CCCC(C(=O)O)C1. The van der Waals surface area contributed by atoms with E-state index in [1.54, 1.807) is 4.90 Å². The van der Waals surface area contributed by atoms with E-state index in [0.717, 1.165) is 19.3 Å². The van der Waals surface area contributed by atoms with Crippen molar-refractivity contribution in [3.63, 3.8) is 0 Å². The lowest BCUT2D eigenvalue weighted by atomic mass is 9.86. The third-order valence-corrected chi connectivity index (χ3v) is 3.50. The molecule has 0 aliphatic heterocycles. The molecule has 0 bridgehead atoms. The smallest absolute Gasteiger partial charge is 0.317 e. The van der Waals surface area contributed by atoms with Crippen LogP contribution in [0.25, 0.3) is 0 Å². The van der Waals surface area contributed by atoms with Crippen LogP contribution in [-0.4, -0.2) is 52.9 Å². The van der Waals surface area contributed by atoms with E-state index in [1.807, 2.05) is 6.92 Å². The van der Waals surface area contributed by atoms with Crippen molar-refractivity contribution < 1.29 is 19.8 Å². The lowest BCUT2D eigenvalue weighted by Gasteiger charge is -2.30. The molecule has 0 aromatic heterocycles. The van der Waals surface area contributed by atoms with E-state index in [9.17, 15) is 9.59 Å². The highest BCUT2D eigenvalue weighted by atomic mass is 16.4. The zero-order valence-corrected chi connectivity index (χ0v) is 11.5. The van der Waals surface area contributed by atoms with Crippen molar-refractivity contribution in [3.8, 4) is 0 Å². The molecule has 2 atom stereocenters. The Bertz CT molecular complexity index is 303. The topological polar surface area (TPSA) is 89.9 Å². The number of nitrogens with one attached hydrogen (secondary N) is 1. The summed E-state index contributed by atoms with van der Waals surface area (Å²) in [5.74, 6) is -1.13. The van der Waals surface area contributed by atoms with Gasteiger partial charge in [-0.1, -0.05) is 13.3 Å². The summed E-state index contributed by atoms with van der Waals surface area (Å²) in [6.07, 6.45) is 3.68. The van der Waals surface area contributed by atoms with Crippen LogP contribution in [0.4, 0.5) is 4.79 Å². The second-order valence-corrected chi connectivity index (χ2v) is 5.06. The summed E-state index contributed by atoms with van der Waals surface area (Å²) < 4.78 is 0. The highest BCUT2D eigenvalue weighted by molar-refractivity contribution is 5.75. The van der Waals surface area contributed by atoms with E-state index in [4.69, 9.17) is 10.2 Å². The zero-order chi connectivity index (χ0) is 14.3. The standard InChI is InChI=1S/C13H24N2O4/c1-2-6-15(7-8-16)13(19)14-11-5-3-4-10(9-11)12(17)18/h10-11,16H,2-9H2,1H3,(H,14,19)(H,17,18). The van der Waals surface area contributed by atoms with Gasteiger partial charge in [0.15, 0.2) is 0 Å². The first-order chi connectivity index (χ1) is 9.08. The molecule has 6 heteroatoms. The minimum absolute atomic E-state index is 0.0597. The minimum Gasteiger partial charge on any atom is -0.481 e. The number of hydrogen-bond donors (Lipinski definition) is 3. The summed E-state index contributed by atoms with van der Waals surface area (Å²) >= 11 is 0. The monoisotopic (exact) mass is 272 g/mol. The zero-order valence-electron chi connectivity index (χ0n) is 11.5. The quantitative estimate of drug-likeness (QED) is 0.674. The largest absolute Gasteiger partial charge is 0.481 e. The number of nitrogens with zero attached hydrogens (tertiary/aromatic N) is 1. The third kappa shape index (κ3) is 5.06. The molecule has 1 saturated carbocycles. The van der Waals surface area contributed by atoms with Gasteiger partial charge >= 0.3 is 12.0 Å². The summed E-state index contributed by atoms with van der Waals surface area (Å²) in [7, 11) is 0. The van der Waals surface area contributed by atoms with E-state index >= 15 is 0 Å². The Morgan fingerprint density at radius 2 is 2.05 bits per heavy atom. The van der Waals surface area contributed by atoms with Gasteiger partial charge in [0.05, 0.1) is 12.5 Å². The molecule has 0 aromatic carbocycles. The van der Waals surface area contributed by atoms with E-state index in [2.05, 4.69) is 5.32 Å². The minimum atomic E-state index is -0.778. The van der Waals surface area contributed by atoms with Crippen molar-refractivity contribution in [2.45, 2.75) is 45.1 Å². The van der Waals surface area contributed by atoms with Crippen molar-refractivity contribution in [3.05, 3.63) is 0 Å². The van der Waals surface area contributed by atoms with E-state index in [0.29, 0.717) is 25.9 Å². The molecule has 3 N–H and O–H groups in total. The molecule has 0 radical (unpaired) electrons. The van der Waals surface area contributed by atoms with E-state index in [1.165, 1.54) is 0 Å². The summed E-state index contributed by atoms with van der Waals surface area (Å²) in [6, 6.07) is -0.271. The van der Waals surface area contributed by atoms with Crippen molar-refractivity contribution >= 4 is 12.0 Å². The molecule has 19 heavy (non-hydrogen) atoms. The van der Waals surface area contributed by atoms with Crippen LogP contribution in [0.15, 0.2) is 0 Å². The Kier molecular flexibility index (Phi) is 6.62. The molecule has 1 aliphatic carbocycles. The molecule has 1 fully saturated rings. The fourth-order valence-corrected chi connectivity index (χ4v) is 2.52. The second kappa shape index (κ2) is 7.99. The van der Waals surface area contributed by atoms with E-state index in [-0.39, 0.29) is 24.6 Å². The molecule has 0 saturated heterocycles. The maximum atomic E-state index is 12.0. The fraction of sp³-hybridized carbons (Fsp3) is 0.846. The first kappa shape index (κ1) is 15.8. The predicted octanol–water partition coefficient (Wildman–Crippen LogP) is 1.04. The molecule has 0 aromatic rings. The average Bonchev–Trinajstić information content (AvgIpc) is 2.38. The molecule has 6 nitrogen and oxygen atoms in total. The number of urea groups is 1. The van der Waals surface area contributed by atoms with Gasteiger partial charge in [0, 0.05) is 19.1 Å². The number of amides is 2. The normalized spacial score (nSPS) is 22.8. The van der Waals surface area contributed by atoms with E-state index < -0.39 is 5.97 Å². The Balaban J connectivity index is 2.47. The number of carboxylic acid groups (broad SMARTS) is 1. The van der Waals surface area contributed by atoms with Crippen LogP contribution in [-0.2, 0) is 4.79 Å². The number of aliphatic hydroxyl groups excluding tert-OH is 1. The second-order valence-electron chi connectivity index (χ2n) is 5.06. The van der Waals surface area contributed by atoms with Gasteiger partial charge in [0.2, 0.25) is 0 Å². The van der Waals surface area contributed by atoms with Gasteiger partial charge in [-0.05, 0) is 25.7 Å². The summed E-state index contributed by atoms with van der Waals surface area (Å²) in [5, 5.41) is 20.8. The van der Waals surface area contributed by atoms with Gasteiger partial charge < -0.3 is 20.4 Å². The van der Waals surface area contributed by atoms with Crippen LogP contribution in [0, 0.1) is 5.92 Å². The number of carbonyl (C=O) groups excluding carboxylic acids is 1. The maximum absolute atomic E-state index is 12.0. The van der Waals surface area contributed by atoms with Crippen molar-refractivity contribution in [2.75, 3.05) is 19.7 Å². The summed E-state index contributed by atoms with van der Waals surface area (Å²) in [6.45, 7) is 2.82. The first-order valence-electron chi connectivity index (χ1n) is 6.97. The highest BCUT2D eigenvalue weighted by Gasteiger charge is 2.28. The molecular weight excluding hydrogens is 248 g/mol. The fourth-order valence-electron chi connectivity index (χ4n) is 2.52. The Labute approximate surface area is 113 Å². The summed E-state index contributed by atoms with van der Waals surface area (Å²) in [4.78, 5) is 24.6. The first-order valence-corrected chi connectivity index (χ1v) is 6.97. The third-order valence-electron chi connectivity index (χ3n) is 3.50. The molecule has 110 valence electrons. The molecule has 2 amide bonds. The molecule has 0 spiro atoms. The lowest BCUT2D eigenvalue weighted by molar-refractivity contribution is -0.143. The maximum Gasteiger partial charge on any atom is 0.317 e. The average molecular weight is 272 g/mol. The van der Waals surface area contributed by atoms with Gasteiger partial charge in [0.1, 0.15) is 0 Å². The Hall–Kier alpha value is -1.30. The molecule has 0 heterocycles. The van der Waals surface area contributed by atoms with Crippen LogP contribution in [0.2, 0.25) is 0 Å². The number of aliphatic hydroxyl groups is 1. The van der Waals surface area contributed by atoms with Crippen molar-refractivity contribution in [1.29, 1.82) is 0 Å². The molecular formula is C13H24N2O4. The Morgan fingerprint density at radius 1 is 1.32 bits per heavy atom. The van der Waals surface area contributed by atoms with Crippen LogP contribution >= 0.6 is 0 Å². The number of rotatable bonds is 6. The van der Waals surface area contributed by atoms with Crippen molar-refractivity contribution in [1.82, 2.24) is 10.2 Å². The molecule has 1 rings (SSSR count).